The molecule has 2 aromatic carbocycles. The number of nitrogens with zero attached hydrogens (tertiary/aromatic N) is 2. The Balaban J connectivity index is 1.88. The number of amides is 1. The summed E-state index contributed by atoms with van der Waals surface area (Å²) in [5, 5.41) is 23.1. The Bertz CT molecular complexity index is 869. The van der Waals surface area contributed by atoms with Crippen LogP contribution in [-0.2, 0) is 22.6 Å². The van der Waals surface area contributed by atoms with Gasteiger partial charge < -0.3 is 15.3 Å². The predicted molar refractivity (Wildman–Crippen MR) is 98.3 cm³/mol. The summed E-state index contributed by atoms with van der Waals surface area (Å²) in [6, 6.07) is 13.0. The van der Waals surface area contributed by atoms with Crippen molar-refractivity contribution in [2.24, 2.45) is 0 Å². The summed E-state index contributed by atoms with van der Waals surface area (Å²) in [6.45, 7) is 0.578. The molecule has 1 atom stereocenters. The fourth-order valence-electron chi connectivity index (χ4n) is 3.13. The number of carboxylic acid groups (broad SMARTS) is 1. The van der Waals surface area contributed by atoms with E-state index in [1.807, 2.05) is 30.3 Å². The quantitative estimate of drug-likeness (QED) is 0.597. The molecule has 3 rings (SSSR count). The molecule has 140 valence electrons. The van der Waals surface area contributed by atoms with E-state index in [0.29, 0.717) is 24.2 Å². The monoisotopic (exact) mass is 369 g/mol. The summed E-state index contributed by atoms with van der Waals surface area (Å²) in [5.74, 6) is -1.42. The van der Waals surface area contributed by atoms with E-state index in [-0.39, 0.29) is 24.6 Å². The third kappa shape index (κ3) is 4.41. The fourth-order valence-corrected chi connectivity index (χ4v) is 3.13. The number of rotatable bonds is 6. The molecule has 0 saturated heterocycles. The molecule has 0 fully saturated rings. The summed E-state index contributed by atoms with van der Waals surface area (Å²) in [4.78, 5) is 36.2. The summed E-state index contributed by atoms with van der Waals surface area (Å²) in [6.07, 6.45) is 0.244. The van der Waals surface area contributed by atoms with Crippen LogP contribution in [0.5, 0.6) is 0 Å². The Labute approximate surface area is 155 Å². The summed E-state index contributed by atoms with van der Waals surface area (Å²) >= 11 is 0. The van der Waals surface area contributed by atoms with Crippen molar-refractivity contribution in [3.05, 3.63) is 69.8 Å². The van der Waals surface area contributed by atoms with Crippen LogP contribution in [0.15, 0.2) is 48.5 Å². The molecule has 0 aliphatic carbocycles. The van der Waals surface area contributed by atoms with Crippen LogP contribution in [0.1, 0.15) is 17.5 Å². The number of nitro benzene ring substituents is 1. The Morgan fingerprint density at radius 1 is 1.26 bits per heavy atom. The highest BCUT2D eigenvalue weighted by atomic mass is 16.6. The van der Waals surface area contributed by atoms with Gasteiger partial charge in [-0.2, -0.15) is 0 Å². The lowest BCUT2D eigenvalue weighted by Gasteiger charge is -2.24. The molecule has 8 nitrogen and oxygen atoms in total. The molecule has 1 amide bonds. The lowest BCUT2D eigenvalue weighted by atomic mass is 10.1. The first-order valence-electron chi connectivity index (χ1n) is 8.52. The van der Waals surface area contributed by atoms with Crippen molar-refractivity contribution in [1.82, 2.24) is 4.90 Å². The van der Waals surface area contributed by atoms with Crippen LogP contribution < -0.4 is 5.32 Å². The number of nitrogens with one attached hydrogen (secondary N) is 1. The smallest absolute Gasteiger partial charge is 0.305 e. The standard InChI is InChI=1S/C19H19N3O5/c23-18(24)11-17-19(25)21(9-8-13-4-2-1-3-5-13)12-14-10-15(22(26)27)6-7-16(14)20-17/h1-7,10,17,20H,8-9,11-12H2,(H,23,24)/t17-/m1/s1. The first kappa shape index (κ1) is 18.4. The molecular weight excluding hydrogens is 350 g/mol. The van der Waals surface area contributed by atoms with Crippen molar-refractivity contribution in [1.29, 1.82) is 0 Å². The molecular formula is C19H19N3O5. The van der Waals surface area contributed by atoms with Gasteiger partial charge >= 0.3 is 5.97 Å². The number of aliphatic carboxylic acids is 1. The number of non-ortho nitro benzene ring substituents is 1. The second kappa shape index (κ2) is 7.86. The van der Waals surface area contributed by atoms with E-state index in [9.17, 15) is 19.7 Å². The maximum atomic E-state index is 12.9. The number of carboxylic acids is 1. The molecule has 1 aliphatic rings. The lowest BCUT2D eigenvalue weighted by molar-refractivity contribution is -0.384. The van der Waals surface area contributed by atoms with Gasteiger partial charge in [-0.15, -0.1) is 0 Å². The molecule has 0 unspecified atom stereocenters. The van der Waals surface area contributed by atoms with Gasteiger partial charge in [0.1, 0.15) is 6.04 Å². The van der Waals surface area contributed by atoms with E-state index in [4.69, 9.17) is 5.11 Å². The SMILES string of the molecule is O=C(O)C[C@H]1Nc2ccc([N+](=O)[O-])cc2CN(CCc2ccccc2)C1=O. The van der Waals surface area contributed by atoms with Crippen LogP contribution >= 0.6 is 0 Å². The Kier molecular flexibility index (Phi) is 5.35. The van der Waals surface area contributed by atoms with Crippen molar-refractivity contribution in [2.45, 2.75) is 25.4 Å². The topological polar surface area (TPSA) is 113 Å². The minimum atomic E-state index is -1.09. The fraction of sp³-hybridized carbons (Fsp3) is 0.263. The van der Waals surface area contributed by atoms with Gasteiger partial charge in [-0.05, 0) is 18.1 Å². The number of anilines is 1. The summed E-state index contributed by atoms with van der Waals surface area (Å²) in [7, 11) is 0. The van der Waals surface area contributed by atoms with E-state index < -0.39 is 16.9 Å². The van der Waals surface area contributed by atoms with Crippen molar-refractivity contribution >= 4 is 23.3 Å². The van der Waals surface area contributed by atoms with E-state index in [1.165, 1.54) is 18.2 Å². The van der Waals surface area contributed by atoms with Crippen LogP contribution in [0.2, 0.25) is 0 Å². The van der Waals surface area contributed by atoms with Gasteiger partial charge in [0.05, 0.1) is 11.3 Å². The van der Waals surface area contributed by atoms with Gasteiger partial charge in [0.2, 0.25) is 5.91 Å². The van der Waals surface area contributed by atoms with Crippen molar-refractivity contribution in [3.8, 4) is 0 Å². The Morgan fingerprint density at radius 3 is 2.67 bits per heavy atom. The molecule has 2 aromatic rings. The van der Waals surface area contributed by atoms with E-state index >= 15 is 0 Å². The molecule has 2 N–H and O–H groups in total. The summed E-state index contributed by atoms with van der Waals surface area (Å²) in [5.41, 5.74) is 2.13. The van der Waals surface area contributed by atoms with Gasteiger partial charge in [0, 0.05) is 36.5 Å². The average Bonchev–Trinajstić information content (AvgIpc) is 2.77. The molecule has 0 spiro atoms. The number of benzene rings is 2. The second-order valence-electron chi connectivity index (χ2n) is 6.39. The Morgan fingerprint density at radius 2 is 2.00 bits per heavy atom. The number of carbonyl (C=O) groups is 2. The zero-order chi connectivity index (χ0) is 19.4. The maximum absolute atomic E-state index is 12.9. The molecule has 1 heterocycles. The first-order valence-corrected chi connectivity index (χ1v) is 8.52. The van der Waals surface area contributed by atoms with Crippen molar-refractivity contribution in [2.75, 3.05) is 11.9 Å². The zero-order valence-corrected chi connectivity index (χ0v) is 14.5. The van der Waals surface area contributed by atoms with Crippen LogP contribution in [0.25, 0.3) is 0 Å². The molecule has 0 bridgehead atoms. The number of carbonyl (C=O) groups excluding carboxylic acids is 1. The number of fused-ring (bicyclic) bond motifs is 1. The first-order chi connectivity index (χ1) is 12.9. The van der Waals surface area contributed by atoms with Gasteiger partial charge in [-0.25, -0.2) is 0 Å². The van der Waals surface area contributed by atoms with Gasteiger partial charge in [0.15, 0.2) is 0 Å². The van der Waals surface area contributed by atoms with E-state index in [0.717, 1.165) is 5.56 Å². The minimum Gasteiger partial charge on any atom is -0.481 e. The summed E-state index contributed by atoms with van der Waals surface area (Å²) < 4.78 is 0. The Hall–Kier alpha value is -3.42. The zero-order valence-electron chi connectivity index (χ0n) is 14.5. The minimum absolute atomic E-state index is 0.0670. The highest BCUT2D eigenvalue weighted by molar-refractivity contribution is 5.90. The number of nitro groups is 1. The molecule has 27 heavy (non-hydrogen) atoms. The van der Waals surface area contributed by atoms with Crippen molar-refractivity contribution < 1.29 is 19.6 Å². The lowest BCUT2D eigenvalue weighted by Crippen LogP contribution is -2.42. The van der Waals surface area contributed by atoms with Crippen LogP contribution in [0.3, 0.4) is 0 Å². The largest absolute Gasteiger partial charge is 0.481 e. The maximum Gasteiger partial charge on any atom is 0.305 e. The second-order valence-corrected chi connectivity index (χ2v) is 6.39. The predicted octanol–water partition coefficient (Wildman–Crippen LogP) is 2.43. The molecule has 1 aliphatic heterocycles. The third-order valence-corrected chi connectivity index (χ3v) is 4.49. The highest BCUT2D eigenvalue weighted by Crippen LogP contribution is 2.28. The van der Waals surface area contributed by atoms with Gasteiger partial charge in [-0.1, -0.05) is 30.3 Å². The van der Waals surface area contributed by atoms with Gasteiger partial charge in [0.25, 0.3) is 5.69 Å². The number of hydrogen-bond acceptors (Lipinski definition) is 5. The average molecular weight is 369 g/mol. The molecule has 0 saturated carbocycles. The van der Waals surface area contributed by atoms with Gasteiger partial charge in [-0.3, -0.25) is 19.7 Å². The van der Waals surface area contributed by atoms with E-state index in [1.54, 1.807) is 4.90 Å². The molecule has 0 aromatic heterocycles. The third-order valence-electron chi connectivity index (χ3n) is 4.49. The van der Waals surface area contributed by atoms with Crippen LogP contribution in [-0.4, -0.2) is 39.4 Å². The van der Waals surface area contributed by atoms with Crippen molar-refractivity contribution in [3.63, 3.8) is 0 Å². The van der Waals surface area contributed by atoms with Crippen LogP contribution in [0, 0.1) is 10.1 Å². The molecule has 0 radical (unpaired) electrons. The highest BCUT2D eigenvalue weighted by Gasteiger charge is 2.31. The molecule has 8 heteroatoms. The normalized spacial score (nSPS) is 16.2. The number of hydrogen-bond donors (Lipinski definition) is 2. The van der Waals surface area contributed by atoms with Crippen LogP contribution in [0.4, 0.5) is 11.4 Å². The van der Waals surface area contributed by atoms with E-state index in [2.05, 4.69) is 5.32 Å².